The lowest BCUT2D eigenvalue weighted by molar-refractivity contribution is -0.384. The SMILES string of the molecule is CCc1ccc(N2CC3=C(C2=O)[C@@H](c2cccc([N+](=O)[O-])c2)NC(=O)N3C)cc1. The molecule has 0 saturated carbocycles. The van der Waals surface area contributed by atoms with Crippen LogP contribution in [0.15, 0.2) is 59.8 Å². The number of amides is 3. The minimum Gasteiger partial charge on any atom is -0.327 e. The quantitative estimate of drug-likeness (QED) is 0.639. The Hall–Kier alpha value is -3.68. The second kappa shape index (κ2) is 7.05. The molecule has 2 aromatic carbocycles. The summed E-state index contributed by atoms with van der Waals surface area (Å²) in [5.41, 5.74) is 3.38. The van der Waals surface area contributed by atoms with Crippen LogP contribution in [-0.2, 0) is 11.2 Å². The summed E-state index contributed by atoms with van der Waals surface area (Å²) in [6.45, 7) is 2.33. The number of likely N-dealkylation sites (N-methyl/N-ethyl adjacent to an activating group) is 1. The molecule has 2 aliphatic heterocycles. The van der Waals surface area contributed by atoms with Crippen LogP contribution in [0.2, 0.25) is 0 Å². The smallest absolute Gasteiger partial charge is 0.322 e. The Morgan fingerprint density at radius 1 is 1.17 bits per heavy atom. The van der Waals surface area contributed by atoms with Gasteiger partial charge in [0, 0.05) is 24.9 Å². The van der Waals surface area contributed by atoms with Gasteiger partial charge in [0.15, 0.2) is 0 Å². The van der Waals surface area contributed by atoms with Crippen LogP contribution < -0.4 is 10.2 Å². The van der Waals surface area contributed by atoms with E-state index in [-0.39, 0.29) is 24.2 Å². The number of urea groups is 1. The Morgan fingerprint density at radius 2 is 1.90 bits per heavy atom. The van der Waals surface area contributed by atoms with E-state index in [0.29, 0.717) is 16.8 Å². The van der Waals surface area contributed by atoms with E-state index in [4.69, 9.17) is 0 Å². The maximum Gasteiger partial charge on any atom is 0.322 e. The summed E-state index contributed by atoms with van der Waals surface area (Å²) >= 11 is 0. The third-order valence-corrected chi connectivity index (χ3v) is 5.43. The number of carbonyl (C=O) groups is 2. The largest absolute Gasteiger partial charge is 0.327 e. The Labute approximate surface area is 167 Å². The van der Waals surface area contributed by atoms with Crippen LogP contribution in [0.5, 0.6) is 0 Å². The van der Waals surface area contributed by atoms with Gasteiger partial charge in [0.1, 0.15) is 0 Å². The van der Waals surface area contributed by atoms with E-state index >= 15 is 0 Å². The number of benzene rings is 2. The fourth-order valence-electron chi connectivity index (χ4n) is 3.76. The van der Waals surface area contributed by atoms with E-state index < -0.39 is 11.0 Å². The number of non-ortho nitro benzene ring substituents is 1. The van der Waals surface area contributed by atoms with Crippen LogP contribution in [0.1, 0.15) is 24.1 Å². The molecule has 0 aliphatic carbocycles. The van der Waals surface area contributed by atoms with Crippen molar-refractivity contribution >= 4 is 23.3 Å². The summed E-state index contributed by atoms with van der Waals surface area (Å²) in [6, 6.07) is 12.7. The number of nitrogens with zero attached hydrogens (tertiary/aromatic N) is 3. The number of anilines is 1. The van der Waals surface area contributed by atoms with Crippen molar-refractivity contribution in [3.05, 3.63) is 81.0 Å². The summed E-state index contributed by atoms with van der Waals surface area (Å²) in [6.07, 6.45) is 0.902. The van der Waals surface area contributed by atoms with E-state index in [1.807, 2.05) is 24.3 Å². The average molecular weight is 392 g/mol. The van der Waals surface area contributed by atoms with Crippen molar-refractivity contribution in [3.8, 4) is 0 Å². The molecule has 2 aliphatic rings. The predicted octanol–water partition coefficient (Wildman–Crippen LogP) is 3.15. The molecule has 0 fully saturated rings. The zero-order valence-electron chi connectivity index (χ0n) is 16.1. The molecule has 4 rings (SSSR count). The predicted molar refractivity (Wildman–Crippen MR) is 107 cm³/mol. The van der Waals surface area contributed by atoms with Crippen molar-refractivity contribution in [3.63, 3.8) is 0 Å². The summed E-state index contributed by atoms with van der Waals surface area (Å²) in [5, 5.41) is 14.0. The van der Waals surface area contributed by atoms with E-state index in [0.717, 1.165) is 12.1 Å². The monoisotopic (exact) mass is 392 g/mol. The maximum atomic E-state index is 13.3. The Bertz CT molecular complexity index is 1040. The number of hydrogen-bond acceptors (Lipinski definition) is 4. The van der Waals surface area contributed by atoms with E-state index in [1.165, 1.54) is 22.6 Å². The summed E-state index contributed by atoms with van der Waals surface area (Å²) < 4.78 is 0. The number of nitrogens with one attached hydrogen (secondary N) is 1. The lowest BCUT2D eigenvalue weighted by Crippen LogP contribution is -2.45. The lowest BCUT2D eigenvalue weighted by Gasteiger charge is -2.30. The number of rotatable bonds is 4. The van der Waals surface area contributed by atoms with Crippen LogP contribution in [0.3, 0.4) is 0 Å². The fraction of sp³-hybridized carbons (Fsp3) is 0.238. The highest BCUT2D eigenvalue weighted by Gasteiger charge is 2.43. The minimum absolute atomic E-state index is 0.0877. The normalized spacial score (nSPS) is 18.8. The molecule has 148 valence electrons. The topological polar surface area (TPSA) is 95.8 Å². The molecule has 0 spiro atoms. The number of carbonyl (C=O) groups excluding carboxylic acids is 2. The van der Waals surface area contributed by atoms with Crippen molar-refractivity contribution in [2.75, 3.05) is 18.5 Å². The molecule has 3 amide bonds. The molecule has 1 atom stereocenters. The molecular weight excluding hydrogens is 372 g/mol. The van der Waals surface area contributed by atoms with Crippen molar-refractivity contribution in [1.29, 1.82) is 0 Å². The molecule has 8 heteroatoms. The fourth-order valence-corrected chi connectivity index (χ4v) is 3.76. The first-order valence-corrected chi connectivity index (χ1v) is 9.33. The second-order valence-corrected chi connectivity index (χ2v) is 7.07. The van der Waals surface area contributed by atoms with Gasteiger partial charge in [0.05, 0.1) is 28.8 Å². The van der Waals surface area contributed by atoms with Crippen LogP contribution in [-0.4, -0.2) is 35.4 Å². The van der Waals surface area contributed by atoms with Gasteiger partial charge in [-0.25, -0.2) is 4.79 Å². The molecule has 2 aromatic rings. The van der Waals surface area contributed by atoms with Gasteiger partial charge in [0.2, 0.25) is 0 Å². The first kappa shape index (κ1) is 18.7. The molecule has 1 N–H and O–H groups in total. The van der Waals surface area contributed by atoms with Gasteiger partial charge in [-0.05, 0) is 29.7 Å². The highest BCUT2D eigenvalue weighted by molar-refractivity contribution is 6.11. The maximum absolute atomic E-state index is 13.3. The highest BCUT2D eigenvalue weighted by atomic mass is 16.6. The molecular formula is C21H20N4O4. The van der Waals surface area contributed by atoms with Crippen LogP contribution >= 0.6 is 0 Å². The molecule has 2 heterocycles. The number of nitro groups is 1. The second-order valence-electron chi connectivity index (χ2n) is 7.07. The first-order chi connectivity index (χ1) is 13.9. The zero-order valence-corrected chi connectivity index (χ0v) is 16.1. The molecule has 8 nitrogen and oxygen atoms in total. The van der Waals surface area contributed by atoms with Crippen molar-refractivity contribution in [2.24, 2.45) is 0 Å². The van der Waals surface area contributed by atoms with Crippen molar-refractivity contribution in [2.45, 2.75) is 19.4 Å². The number of nitro benzene ring substituents is 1. The highest BCUT2D eigenvalue weighted by Crippen LogP contribution is 2.38. The average Bonchev–Trinajstić information content (AvgIpc) is 3.08. The molecule has 0 aromatic heterocycles. The molecule has 0 bridgehead atoms. The number of aryl methyl sites for hydroxylation is 1. The Morgan fingerprint density at radius 3 is 2.55 bits per heavy atom. The van der Waals surface area contributed by atoms with Gasteiger partial charge in [-0.15, -0.1) is 0 Å². The summed E-state index contributed by atoms with van der Waals surface area (Å²) in [4.78, 5) is 39.5. The van der Waals surface area contributed by atoms with Gasteiger partial charge in [-0.1, -0.05) is 31.2 Å². The van der Waals surface area contributed by atoms with Crippen LogP contribution in [0, 0.1) is 10.1 Å². The Kier molecular flexibility index (Phi) is 4.54. The summed E-state index contributed by atoms with van der Waals surface area (Å²) in [5.74, 6) is -0.215. The number of hydrogen-bond donors (Lipinski definition) is 1. The summed E-state index contributed by atoms with van der Waals surface area (Å²) in [7, 11) is 1.62. The lowest BCUT2D eigenvalue weighted by atomic mass is 9.95. The molecule has 0 saturated heterocycles. The molecule has 0 unspecified atom stereocenters. The standard InChI is InChI=1S/C21H20N4O4/c1-3-13-7-9-15(10-8-13)24-12-17-18(20(24)26)19(22-21(27)23(17)2)14-5-4-6-16(11-14)25(28)29/h4-11,19H,3,12H2,1-2H3,(H,22,27)/t19-/m1/s1. The zero-order chi connectivity index (χ0) is 20.7. The van der Waals surface area contributed by atoms with E-state index in [2.05, 4.69) is 12.2 Å². The van der Waals surface area contributed by atoms with Crippen LogP contribution in [0.25, 0.3) is 0 Å². The minimum atomic E-state index is -0.735. The first-order valence-electron chi connectivity index (χ1n) is 9.33. The van der Waals surface area contributed by atoms with Gasteiger partial charge in [-0.3, -0.25) is 19.8 Å². The Balaban J connectivity index is 1.74. The van der Waals surface area contributed by atoms with Gasteiger partial charge < -0.3 is 10.2 Å². The third kappa shape index (κ3) is 3.12. The van der Waals surface area contributed by atoms with Crippen molar-refractivity contribution < 1.29 is 14.5 Å². The van der Waals surface area contributed by atoms with Crippen LogP contribution in [0.4, 0.5) is 16.2 Å². The third-order valence-electron chi connectivity index (χ3n) is 5.43. The van der Waals surface area contributed by atoms with Gasteiger partial charge in [-0.2, -0.15) is 0 Å². The van der Waals surface area contributed by atoms with Gasteiger partial charge in [0.25, 0.3) is 11.6 Å². The van der Waals surface area contributed by atoms with E-state index in [1.54, 1.807) is 24.1 Å². The molecule has 29 heavy (non-hydrogen) atoms. The van der Waals surface area contributed by atoms with Crippen molar-refractivity contribution in [1.82, 2.24) is 10.2 Å². The molecule has 0 radical (unpaired) electrons. The van der Waals surface area contributed by atoms with Gasteiger partial charge >= 0.3 is 6.03 Å². The van der Waals surface area contributed by atoms with E-state index in [9.17, 15) is 19.7 Å².